The van der Waals surface area contributed by atoms with E-state index in [1.165, 1.54) is 21.8 Å². The van der Waals surface area contributed by atoms with Crippen molar-refractivity contribution < 1.29 is 4.52 Å². The van der Waals surface area contributed by atoms with Crippen molar-refractivity contribution in [2.75, 3.05) is 17.7 Å². The third-order valence-corrected chi connectivity index (χ3v) is 5.27. The molecule has 0 radical (unpaired) electrons. The van der Waals surface area contributed by atoms with Crippen LogP contribution in [-0.2, 0) is 0 Å². The highest BCUT2D eigenvalue weighted by Crippen LogP contribution is 2.35. The molecule has 3 rings (SSSR count). The number of aryl methyl sites for hydroxylation is 3. The maximum Gasteiger partial charge on any atom is 0.141 e. The summed E-state index contributed by atoms with van der Waals surface area (Å²) in [6.07, 6.45) is 2.10. The van der Waals surface area contributed by atoms with Gasteiger partial charge in [0.25, 0.3) is 0 Å². The fourth-order valence-corrected chi connectivity index (χ4v) is 3.61. The van der Waals surface area contributed by atoms with E-state index < -0.39 is 0 Å². The van der Waals surface area contributed by atoms with Crippen LogP contribution < -0.4 is 4.90 Å². The van der Waals surface area contributed by atoms with Crippen LogP contribution in [0.15, 0.2) is 51.9 Å². The first-order valence-electron chi connectivity index (χ1n) is 8.50. The standard InChI is InChI=1S/C21H24N2OS/c1-6-23(18-9-11-19(25-5)12-10-18)20-13-17(8-7-14(20)2)21-15(3)22-24-16(21)4/h7-13H,6H2,1-5H3. The highest BCUT2D eigenvalue weighted by Gasteiger charge is 2.16. The van der Waals surface area contributed by atoms with Crippen molar-refractivity contribution in [2.45, 2.75) is 32.6 Å². The van der Waals surface area contributed by atoms with Crippen LogP contribution in [0.4, 0.5) is 11.4 Å². The highest BCUT2D eigenvalue weighted by molar-refractivity contribution is 7.98. The molecule has 2 aromatic carbocycles. The Balaban J connectivity index is 2.06. The second-order valence-corrected chi connectivity index (χ2v) is 7.02. The summed E-state index contributed by atoms with van der Waals surface area (Å²) in [5, 5.41) is 4.10. The zero-order valence-electron chi connectivity index (χ0n) is 15.5. The van der Waals surface area contributed by atoms with E-state index in [0.717, 1.165) is 29.1 Å². The molecule has 0 saturated carbocycles. The molecule has 0 amide bonds. The summed E-state index contributed by atoms with van der Waals surface area (Å²) >= 11 is 1.76. The van der Waals surface area contributed by atoms with E-state index >= 15 is 0 Å². The predicted octanol–water partition coefficient (Wildman–Crippen LogP) is 6.15. The molecule has 0 aliphatic heterocycles. The lowest BCUT2D eigenvalue weighted by Crippen LogP contribution is -2.17. The summed E-state index contributed by atoms with van der Waals surface area (Å²) in [6, 6.07) is 15.3. The van der Waals surface area contributed by atoms with Crippen molar-refractivity contribution in [3.63, 3.8) is 0 Å². The molecule has 0 spiro atoms. The largest absolute Gasteiger partial charge is 0.361 e. The third kappa shape index (κ3) is 3.45. The molecule has 0 atom stereocenters. The predicted molar refractivity (Wildman–Crippen MR) is 107 cm³/mol. The molecular formula is C21H24N2OS. The summed E-state index contributed by atoms with van der Waals surface area (Å²) in [4.78, 5) is 3.63. The number of nitrogens with zero attached hydrogens (tertiary/aromatic N) is 2. The van der Waals surface area contributed by atoms with Gasteiger partial charge in [0.1, 0.15) is 5.76 Å². The Labute approximate surface area is 154 Å². The minimum absolute atomic E-state index is 0.861. The fraction of sp³-hybridized carbons (Fsp3) is 0.286. The summed E-state index contributed by atoms with van der Waals surface area (Å²) in [6.45, 7) is 9.21. The van der Waals surface area contributed by atoms with Gasteiger partial charge in [0, 0.05) is 28.4 Å². The lowest BCUT2D eigenvalue weighted by atomic mass is 10.0. The zero-order valence-corrected chi connectivity index (χ0v) is 16.3. The molecule has 1 aromatic heterocycles. The van der Waals surface area contributed by atoms with Crippen molar-refractivity contribution in [1.29, 1.82) is 0 Å². The van der Waals surface area contributed by atoms with E-state index in [4.69, 9.17) is 4.52 Å². The van der Waals surface area contributed by atoms with Crippen LogP contribution >= 0.6 is 11.8 Å². The van der Waals surface area contributed by atoms with Gasteiger partial charge in [-0.3, -0.25) is 0 Å². The highest BCUT2D eigenvalue weighted by atomic mass is 32.2. The average Bonchev–Trinajstić information content (AvgIpc) is 2.96. The van der Waals surface area contributed by atoms with Crippen LogP contribution in [0.25, 0.3) is 11.1 Å². The van der Waals surface area contributed by atoms with Crippen molar-refractivity contribution >= 4 is 23.1 Å². The van der Waals surface area contributed by atoms with Crippen LogP contribution in [0.2, 0.25) is 0 Å². The molecule has 0 aliphatic carbocycles. The second kappa shape index (κ2) is 7.36. The van der Waals surface area contributed by atoms with Gasteiger partial charge >= 0.3 is 0 Å². The molecule has 0 unspecified atom stereocenters. The Morgan fingerprint density at radius 3 is 2.32 bits per heavy atom. The van der Waals surface area contributed by atoms with Crippen LogP contribution in [-0.4, -0.2) is 18.0 Å². The minimum Gasteiger partial charge on any atom is -0.361 e. The Kier molecular flexibility index (Phi) is 5.19. The molecule has 130 valence electrons. The number of anilines is 2. The molecule has 0 N–H and O–H groups in total. The second-order valence-electron chi connectivity index (χ2n) is 6.14. The van der Waals surface area contributed by atoms with Gasteiger partial charge in [0.05, 0.1) is 5.69 Å². The number of hydrogen-bond acceptors (Lipinski definition) is 4. The number of hydrogen-bond donors (Lipinski definition) is 0. The number of thioether (sulfide) groups is 1. The summed E-state index contributed by atoms with van der Waals surface area (Å²) in [5.41, 5.74) is 6.85. The van der Waals surface area contributed by atoms with E-state index in [2.05, 4.69) is 72.6 Å². The van der Waals surface area contributed by atoms with Crippen LogP contribution in [0.3, 0.4) is 0 Å². The smallest absolute Gasteiger partial charge is 0.141 e. The first-order valence-corrected chi connectivity index (χ1v) is 9.73. The molecule has 0 aliphatic rings. The van der Waals surface area contributed by atoms with Crippen molar-refractivity contribution in [3.05, 3.63) is 59.5 Å². The Morgan fingerprint density at radius 1 is 1.04 bits per heavy atom. The van der Waals surface area contributed by atoms with Gasteiger partial charge < -0.3 is 9.42 Å². The topological polar surface area (TPSA) is 29.3 Å². The average molecular weight is 353 g/mol. The molecule has 0 saturated heterocycles. The van der Waals surface area contributed by atoms with Crippen LogP contribution in [0, 0.1) is 20.8 Å². The third-order valence-electron chi connectivity index (χ3n) is 4.52. The summed E-state index contributed by atoms with van der Waals surface area (Å²) in [7, 11) is 0. The van der Waals surface area contributed by atoms with Gasteiger partial charge in [-0.15, -0.1) is 11.8 Å². The van der Waals surface area contributed by atoms with E-state index in [-0.39, 0.29) is 0 Å². The molecule has 4 heteroatoms. The van der Waals surface area contributed by atoms with Crippen LogP contribution in [0.1, 0.15) is 23.9 Å². The van der Waals surface area contributed by atoms with E-state index in [0.29, 0.717) is 0 Å². The van der Waals surface area contributed by atoms with Crippen molar-refractivity contribution in [3.8, 4) is 11.1 Å². The summed E-state index contributed by atoms with van der Waals surface area (Å²) in [5.74, 6) is 0.861. The van der Waals surface area contributed by atoms with Gasteiger partial charge in [-0.1, -0.05) is 17.3 Å². The molecule has 25 heavy (non-hydrogen) atoms. The van der Waals surface area contributed by atoms with Crippen molar-refractivity contribution in [1.82, 2.24) is 5.16 Å². The Morgan fingerprint density at radius 2 is 1.76 bits per heavy atom. The molecule has 0 bridgehead atoms. The molecular weight excluding hydrogens is 328 g/mol. The number of benzene rings is 2. The Bertz CT molecular complexity index is 849. The zero-order chi connectivity index (χ0) is 18.0. The Hall–Kier alpha value is -2.20. The van der Waals surface area contributed by atoms with E-state index in [9.17, 15) is 0 Å². The first-order chi connectivity index (χ1) is 12.0. The normalized spacial score (nSPS) is 10.9. The van der Waals surface area contributed by atoms with Gasteiger partial charge in [-0.05, 0) is 75.4 Å². The molecule has 3 aromatic rings. The maximum atomic E-state index is 5.35. The monoisotopic (exact) mass is 352 g/mol. The lowest BCUT2D eigenvalue weighted by molar-refractivity contribution is 0.393. The molecule has 0 fully saturated rings. The lowest BCUT2D eigenvalue weighted by Gasteiger charge is -2.26. The SMILES string of the molecule is CCN(c1ccc(SC)cc1)c1cc(-c2c(C)noc2C)ccc1C. The van der Waals surface area contributed by atoms with E-state index in [1.54, 1.807) is 11.8 Å². The molecule has 3 nitrogen and oxygen atoms in total. The minimum atomic E-state index is 0.861. The quantitative estimate of drug-likeness (QED) is 0.515. The van der Waals surface area contributed by atoms with Crippen molar-refractivity contribution in [2.24, 2.45) is 0 Å². The van der Waals surface area contributed by atoms with E-state index in [1.807, 2.05) is 13.8 Å². The first kappa shape index (κ1) is 17.6. The maximum absolute atomic E-state index is 5.35. The number of rotatable bonds is 5. The molecule has 1 heterocycles. The van der Waals surface area contributed by atoms with Gasteiger partial charge in [-0.2, -0.15) is 0 Å². The van der Waals surface area contributed by atoms with Gasteiger partial charge in [0.2, 0.25) is 0 Å². The van der Waals surface area contributed by atoms with Gasteiger partial charge in [0.15, 0.2) is 0 Å². The number of aromatic nitrogens is 1. The van der Waals surface area contributed by atoms with Gasteiger partial charge in [-0.25, -0.2) is 0 Å². The fourth-order valence-electron chi connectivity index (χ4n) is 3.20. The van der Waals surface area contributed by atoms with Crippen LogP contribution in [0.5, 0.6) is 0 Å². The summed E-state index contributed by atoms with van der Waals surface area (Å²) < 4.78 is 5.35.